The minimum absolute atomic E-state index is 0.287. The maximum absolute atomic E-state index is 10.5. The van der Waals surface area contributed by atoms with Crippen LogP contribution in [0.2, 0.25) is 0 Å². The third kappa shape index (κ3) is 3.11. The lowest BCUT2D eigenvalue weighted by atomic mass is 9.78. The monoisotopic (exact) mass is 296 g/mol. The maximum atomic E-state index is 10.5. The normalized spacial score (nSPS) is 26.8. The number of benzene rings is 1. The van der Waals surface area contributed by atoms with Gasteiger partial charge in [-0.1, -0.05) is 47.8 Å². The highest BCUT2D eigenvalue weighted by Gasteiger charge is 2.26. The molecule has 1 saturated carbocycles. The lowest BCUT2D eigenvalue weighted by Crippen LogP contribution is -2.20. The van der Waals surface area contributed by atoms with Gasteiger partial charge in [0.1, 0.15) is 0 Å². The van der Waals surface area contributed by atoms with Gasteiger partial charge in [0, 0.05) is 4.47 Å². The van der Waals surface area contributed by atoms with Crippen LogP contribution in [0.4, 0.5) is 0 Å². The minimum atomic E-state index is -0.287. The zero-order valence-corrected chi connectivity index (χ0v) is 12.2. The molecule has 0 aromatic heterocycles. The van der Waals surface area contributed by atoms with E-state index >= 15 is 0 Å². The van der Waals surface area contributed by atoms with E-state index in [0.29, 0.717) is 5.92 Å². The summed E-state index contributed by atoms with van der Waals surface area (Å²) in [7, 11) is 0. The van der Waals surface area contributed by atoms with Crippen molar-refractivity contribution in [3.05, 3.63) is 33.8 Å². The van der Waals surface area contributed by atoms with Gasteiger partial charge < -0.3 is 5.11 Å². The van der Waals surface area contributed by atoms with Crippen molar-refractivity contribution in [3.63, 3.8) is 0 Å². The largest absolute Gasteiger partial charge is 0.388 e. The van der Waals surface area contributed by atoms with Gasteiger partial charge in [0.15, 0.2) is 0 Å². The molecule has 2 heteroatoms. The first-order chi connectivity index (χ1) is 8.08. The number of aliphatic hydroxyl groups is 1. The van der Waals surface area contributed by atoms with E-state index in [0.717, 1.165) is 22.4 Å². The van der Waals surface area contributed by atoms with Crippen molar-refractivity contribution in [1.82, 2.24) is 0 Å². The van der Waals surface area contributed by atoms with Gasteiger partial charge in [0.05, 0.1) is 6.10 Å². The number of hydrogen-bond donors (Lipinski definition) is 1. The fourth-order valence-corrected chi connectivity index (χ4v) is 3.14. The summed E-state index contributed by atoms with van der Waals surface area (Å²) in [6.07, 6.45) is 4.63. The van der Waals surface area contributed by atoms with Crippen LogP contribution in [0.5, 0.6) is 0 Å². The fourth-order valence-electron chi connectivity index (χ4n) is 2.89. The Hall–Kier alpha value is -0.340. The fraction of sp³-hybridized carbons (Fsp3) is 0.600. The molecule has 3 unspecified atom stereocenters. The van der Waals surface area contributed by atoms with Gasteiger partial charge in [-0.25, -0.2) is 0 Å². The number of halogens is 1. The zero-order valence-electron chi connectivity index (χ0n) is 10.6. The van der Waals surface area contributed by atoms with Crippen molar-refractivity contribution in [2.24, 2.45) is 11.8 Å². The molecule has 1 aliphatic carbocycles. The second-order valence-corrected chi connectivity index (χ2v) is 6.34. The molecule has 1 N–H and O–H groups in total. The molecular weight excluding hydrogens is 276 g/mol. The van der Waals surface area contributed by atoms with E-state index in [-0.39, 0.29) is 6.10 Å². The van der Waals surface area contributed by atoms with Crippen LogP contribution in [0.1, 0.15) is 49.8 Å². The Morgan fingerprint density at radius 1 is 1.35 bits per heavy atom. The Morgan fingerprint density at radius 2 is 2.12 bits per heavy atom. The first-order valence-electron chi connectivity index (χ1n) is 6.52. The highest BCUT2D eigenvalue weighted by Crippen LogP contribution is 2.37. The number of hydrogen-bond acceptors (Lipinski definition) is 1. The summed E-state index contributed by atoms with van der Waals surface area (Å²) in [5.74, 6) is 1.21. The van der Waals surface area contributed by atoms with Crippen LogP contribution in [-0.2, 0) is 0 Å². The molecule has 0 spiro atoms. The van der Waals surface area contributed by atoms with Crippen LogP contribution in [0.25, 0.3) is 0 Å². The molecule has 1 nitrogen and oxygen atoms in total. The highest BCUT2D eigenvalue weighted by atomic mass is 79.9. The summed E-state index contributed by atoms with van der Waals surface area (Å²) in [6, 6.07) is 6.19. The van der Waals surface area contributed by atoms with Crippen molar-refractivity contribution < 1.29 is 5.11 Å². The number of rotatable bonds is 2. The van der Waals surface area contributed by atoms with Crippen molar-refractivity contribution in [3.8, 4) is 0 Å². The smallest absolute Gasteiger partial charge is 0.0818 e. The predicted octanol–water partition coefficient (Wildman–Crippen LogP) is 4.62. The van der Waals surface area contributed by atoms with Crippen LogP contribution >= 0.6 is 15.9 Å². The second kappa shape index (κ2) is 5.53. The van der Waals surface area contributed by atoms with E-state index < -0.39 is 0 Å². The van der Waals surface area contributed by atoms with Gasteiger partial charge in [0.25, 0.3) is 0 Å². The summed E-state index contributed by atoms with van der Waals surface area (Å²) in [5.41, 5.74) is 2.27. The van der Waals surface area contributed by atoms with Crippen LogP contribution in [0.3, 0.4) is 0 Å². The molecule has 0 aliphatic heterocycles. The maximum Gasteiger partial charge on any atom is 0.0818 e. The summed E-state index contributed by atoms with van der Waals surface area (Å²) >= 11 is 3.50. The highest BCUT2D eigenvalue weighted by molar-refractivity contribution is 9.10. The van der Waals surface area contributed by atoms with Gasteiger partial charge in [-0.2, -0.15) is 0 Å². The molecule has 1 aromatic carbocycles. The van der Waals surface area contributed by atoms with E-state index in [2.05, 4.69) is 35.8 Å². The predicted molar refractivity (Wildman–Crippen MR) is 75.0 cm³/mol. The third-order valence-corrected chi connectivity index (χ3v) is 4.84. The Bertz CT molecular complexity index is 389. The van der Waals surface area contributed by atoms with Crippen LogP contribution in [-0.4, -0.2) is 5.11 Å². The van der Waals surface area contributed by atoms with Gasteiger partial charge in [-0.05, 0) is 48.8 Å². The van der Waals surface area contributed by atoms with Gasteiger partial charge in [-0.3, -0.25) is 0 Å². The zero-order chi connectivity index (χ0) is 12.4. The minimum Gasteiger partial charge on any atom is -0.388 e. The molecule has 0 heterocycles. The standard InChI is InChI=1S/C15H21BrO/c1-10-4-3-5-12(8-10)15(17)13-6-7-14(16)11(2)9-13/h6-7,9-10,12,15,17H,3-5,8H2,1-2H3. The third-order valence-electron chi connectivity index (χ3n) is 3.95. The lowest BCUT2D eigenvalue weighted by molar-refractivity contribution is 0.0713. The van der Waals surface area contributed by atoms with Crippen molar-refractivity contribution in [2.75, 3.05) is 0 Å². The molecule has 1 aromatic rings. The molecule has 94 valence electrons. The first kappa shape index (κ1) is 13.1. The van der Waals surface area contributed by atoms with E-state index in [1.165, 1.54) is 24.8 Å². The topological polar surface area (TPSA) is 20.2 Å². The summed E-state index contributed by atoms with van der Waals surface area (Å²) in [5, 5.41) is 10.5. The SMILES string of the molecule is Cc1cc(C(O)C2CCCC(C)C2)ccc1Br. The summed E-state index contributed by atoms with van der Waals surface area (Å²) in [4.78, 5) is 0. The van der Waals surface area contributed by atoms with Gasteiger partial charge >= 0.3 is 0 Å². The van der Waals surface area contributed by atoms with E-state index in [4.69, 9.17) is 0 Å². The van der Waals surface area contributed by atoms with E-state index in [1.54, 1.807) is 0 Å². The molecular formula is C15H21BrO. The van der Waals surface area contributed by atoms with Crippen molar-refractivity contribution in [1.29, 1.82) is 0 Å². The molecule has 2 rings (SSSR count). The van der Waals surface area contributed by atoms with Crippen LogP contribution in [0.15, 0.2) is 22.7 Å². The van der Waals surface area contributed by atoms with E-state index in [9.17, 15) is 5.11 Å². The molecule has 1 aliphatic rings. The average Bonchev–Trinajstić information content (AvgIpc) is 2.32. The lowest BCUT2D eigenvalue weighted by Gasteiger charge is -2.30. The molecule has 0 amide bonds. The molecule has 0 bridgehead atoms. The second-order valence-electron chi connectivity index (χ2n) is 5.49. The Balaban J connectivity index is 2.12. The summed E-state index contributed by atoms with van der Waals surface area (Å²) < 4.78 is 1.12. The molecule has 3 atom stereocenters. The van der Waals surface area contributed by atoms with Crippen LogP contribution < -0.4 is 0 Å². The molecule has 0 radical (unpaired) electrons. The number of aliphatic hydroxyl groups excluding tert-OH is 1. The summed E-state index contributed by atoms with van der Waals surface area (Å²) in [6.45, 7) is 4.37. The van der Waals surface area contributed by atoms with Crippen molar-refractivity contribution >= 4 is 15.9 Å². The molecule has 1 fully saturated rings. The van der Waals surface area contributed by atoms with Gasteiger partial charge in [-0.15, -0.1) is 0 Å². The van der Waals surface area contributed by atoms with Crippen LogP contribution in [0, 0.1) is 18.8 Å². The first-order valence-corrected chi connectivity index (χ1v) is 7.31. The Morgan fingerprint density at radius 3 is 2.76 bits per heavy atom. The quantitative estimate of drug-likeness (QED) is 0.844. The van der Waals surface area contributed by atoms with Crippen molar-refractivity contribution in [2.45, 2.75) is 45.6 Å². The number of aryl methyl sites for hydroxylation is 1. The Kier molecular flexibility index (Phi) is 4.26. The molecule has 17 heavy (non-hydrogen) atoms. The Labute approximate surface area is 112 Å². The average molecular weight is 297 g/mol. The van der Waals surface area contributed by atoms with Gasteiger partial charge in [0.2, 0.25) is 0 Å². The van der Waals surface area contributed by atoms with E-state index in [1.807, 2.05) is 12.1 Å². The molecule has 0 saturated heterocycles.